The monoisotopic (exact) mass is 775 g/mol. The number of hydrogen-bond donors (Lipinski definition) is 3. The summed E-state index contributed by atoms with van der Waals surface area (Å²) in [6.45, 7) is 0.475. The van der Waals surface area contributed by atoms with E-state index in [9.17, 15) is 29.1 Å². The third-order valence-electron chi connectivity index (χ3n) is 10.2. The van der Waals surface area contributed by atoms with Crippen molar-refractivity contribution in [2.75, 3.05) is 67.1 Å². The van der Waals surface area contributed by atoms with Crippen molar-refractivity contribution in [1.29, 1.82) is 0 Å². The summed E-state index contributed by atoms with van der Waals surface area (Å²) >= 11 is 0. The summed E-state index contributed by atoms with van der Waals surface area (Å²) < 4.78 is 33.0. The number of nitrogens with one attached hydrogen (secondary N) is 2. The van der Waals surface area contributed by atoms with Crippen molar-refractivity contribution in [3.05, 3.63) is 53.4 Å². The van der Waals surface area contributed by atoms with Crippen molar-refractivity contribution in [3.8, 4) is 23.0 Å². The first-order valence-electron chi connectivity index (χ1n) is 18.0. The third-order valence-corrected chi connectivity index (χ3v) is 10.2. The number of carbonyl (C=O) groups is 5. The van der Waals surface area contributed by atoms with Gasteiger partial charge in [0.25, 0.3) is 5.91 Å². The van der Waals surface area contributed by atoms with E-state index in [-0.39, 0.29) is 36.1 Å². The quantitative estimate of drug-likeness (QED) is 0.130. The van der Waals surface area contributed by atoms with Crippen LogP contribution in [0.5, 0.6) is 23.0 Å². The number of amides is 3. The predicted molar refractivity (Wildman–Crippen MR) is 203 cm³/mol. The maximum Gasteiger partial charge on any atom is 0.415 e. The van der Waals surface area contributed by atoms with Crippen molar-refractivity contribution in [2.24, 2.45) is 5.92 Å². The number of methoxy groups -OCH3 is 4. The zero-order valence-corrected chi connectivity index (χ0v) is 32.1. The molecule has 0 saturated heterocycles. The Hall–Kier alpha value is -6.39. The van der Waals surface area contributed by atoms with Gasteiger partial charge in [0.1, 0.15) is 17.5 Å². The maximum absolute atomic E-state index is 14.2. The molecule has 2 aliphatic rings. The largest absolute Gasteiger partial charge is 0.493 e. The van der Waals surface area contributed by atoms with Crippen LogP contribution in [-0.4, -0.2) is 123 Å². The average molecular weight is 776 g/mol. The fourth-order valence-electron chi connectivity index (χ4n) is 7.04. The van der Waals surface area contributed by atoms with Crippen molar-refractivity contribution in [2.45, 2.75) is 38.2 Å². The summed E-state index contributed by atoms with van der Waals surface area (Å²) in [6.07, 6.45) is 4.01. The van der Waals surface area contributed by atoms with E-state index in [1.807, 2.05) is 6.08 Å². The molecule has 6 rings (SSSR count). The molecule has 0 radical (unpaired) electrons. The second kappa shape index (κ2) is 16.5. The summed E-state index contributed by atoms with van der Waals surface area (Å²) in [6, 6.07) is 6.62. The minimum absolute atomic E-state index is 0.0711. The number of nitrogens with zero attached hydrogens (tertiary/aromatic N) is 3. The van der Waals surface area contributed by atoms with Gasteiger partial charge in [-0.05, 0) is 61.9 Å². The van der Waals surface area contributed by atoms with Crippen molar-refractivity contribution < 1.29 is 57.5 Å². The fourth-order valence-corrected chi connectivity index (χ4v) is 7.04. The lowest BCUT2D eigenvalue weighted by atomic mass is 9.93. The first-order chi connectivity index (χ1) is 26.9. The minimum atomic E-state index is -0.862. The highest BCUT2D eigenvalue weighted by Gasteiger charge is 2.32. The number of likely N-dealkylation sites (N-methyl/N-ethyl adjacent to an activating group) is 2. The lowest BCUT2D eigenvalue weighted by Crippen LogP contribution is -2.39. The van der Waals surface area contributed by atoms with E-state index in [0.29, 0.717) is 83.4 Å². The molecule has 2 atom stereocenters. The van der Waals surface area contributed by atoms with Crippen molar-refractivity contribution in [3.63, 3.8) is 0 Å². The summed E-state index contributed by atoms with van der Waals surface area (Å²) in [5, 5.41) is 10.7. The number of esters is 1. The maximum atomic E-state index is 14.2. The van der Waals surface area contributed by atoms with Crippen LogP contribution < -0.4 is 23.8 Å². The van der Waals surface area contributed by atoms with Crippen LogP contribution in [0.1, 0.15) is 52.2 Å². The molecule has 4 aromatic rings. The van der Waals surface area contributed by atoms with Gasteiger partial charge in [-0.25, -0.2) is 14.4 Å². The molecule has 17 heteroatoms. The molecule has 0 saturated carbocycles. The number of benzene rings is 2. The van der Waals surface area contributed by atoms with E-state index < -0.39 is 36.1 Å². The number of aromatic nitrogens is 2. The van der Waals surface area contributed by atoms with Crippen LogP contribution in [0.15, 0.2) is 36.4 Å². The van der Waals surface area contributed by atoms with Crippen LogP contribution in [0.3, 0.4) is 0 Å². The molecule has 3 amide bonds. The number of aromatic amines is 2. The molecular weight excluding hydrogens is 730 g/mol. The topological polar surface area (TPSA) is 202 Å². The average Bonchev–Trinajstić information content (AvgIpc) is 3.93. The molecule has 0 fully saturated rings. The Bertz CT molecular complexity index is 2210. The Labute approximate surface area is 322 Å². The number of carboxylic acids is 1. The van der Waals surface area contributed by atoms with Crippen LogP contribution >= 0.6 is 0 Å². The molecule has 298 valence electrons. The molecule has 17 nitrogen and oxygen atoms in total. The van der Waals surface area contributed by atoms with Crippen LogP contribution in [0.4, 0.5) is 15.3 Å². The lowest BCUT2D eigenvalue weighted by molar-refractivity contribution is -0.142. The number of hydrogen-bond acceptors (Lipinski definition) is 11. The van der Waals surface area contributed by atoms with E-state index in [0.717, 1.165) is 5.56 Å². The Morgan fingerprint density at radius 1 is 0.821 bits per heavy atom. The van der Waals surface area contributed by atoms with E-state index >= 15 is 0 Å². The smallest absolute Gasteiger partial charge is 0.415 e. The van der Waals surface area contributed by atoms with Gasteiger partial charge in [-0.15, -0.1) is 0 Å². The number of rotatable bonds is 11. The molecule has 56 heavy (non-hydrogen) atoms. The summed E-state index contributed by atoms with van der Waals surface area (Å²) in [4.78, 5) is 74.9. The van der Waals surface area contributed by atoms with E-state index in [1.165, 1.54) is 52.3 Å². The zero-order chi connectivity index (χ0) is 40.3. The molecule has 1 aliphatic carbocycles. The number of aliphatic carboxylic acids is 1. The second-order valence-corrected chi connectivity index (χ2v) is 13.6. The number of ether oxygens (including phenoxy) is 6. The first-order valence-corrected chi connectivity index (χ1v) is 18.0. The number of carbonyl (C=O) groups excluding carboxylic acids is 4. The number of anilines is 1. The number of fused-ring (bicyclic) bond motifs is 4. The number of allylic oxidation sites excluding steroid dienone is 1. The van der Waals surface area contributed by atoms with Gasteiger partial charge in [0.05, 0.1) is 51.1 Å². The molecule has 1 aliphatic heterocycles. The molecular formula is C39H45N5O12. The molecule has 3 heterocycles. The van der Waals surface area contributed by atoms with Gasteiger partial charge in [0, 0.05) is 50.6 Å². The minimum Gasteiger partial charge on any atom is -0.493 e. The van der Waals surface area contributed by atoms with Gasteiger partial charge in [-0.1, -0.05) is 6.08 Å². The highest BCUT2D eigenvalue weighted by Crippen LogP contribution is 2.44. The molecule has 3 N–H and O–H groups in total. The van der Waals surface area contributed by atoms with Gasteiger partial charge in [0.2, 0.25) is 5.75 Å². The SMILES string of the molecule is COC(=O)c1cc2c3c(cc(OC(=O)N(C)CCN(C)C(=O)OC4/C=C/CC[C@H](C(=O)O)CC4)c2[nH]1)N(C(=O)c1cc2cc(OC)c(OC)c(OC)c2[nH]1)CC3. The fraction of sp³-hybridized carbons (Fsp3) is 0.410. The van der Waals surface area contributed by atoms with Crippen LogP contribution in [0.25, 0.3) is 21.8 Å². The summed E-state index contributed by atoms with van der Waals surface area (Å²) in [5.74, 6) is -1.10. The normalized spacial score (nSPS) is 17.0. The Morgan fingerprint density at radius 3 is 2.21 bits per heavy atom. The lowest BCUT2D eigenvalue weighted by Gasteiger charge is -2.25. The molecule has 1 unspecified atom stereocenters. The molecule has 2 aromatic heterocycles. The zero-order valence-electron chi connectivity index (χ0n) is 32.1. The molecule has 0 spiro atoms. The molecule has 0 bridgehead atoms. The van der Waals surface area contributed by atoms with Gasteiger partial charge < -0.3 is 58.2 Å². The molecule has 2 aromatic carbocycles. The Balaban J connectivity index is 1.20. The number of carboxylic acid groups (broad SMARTS) is 1. The predicted octanol–water partition coefficient (Wildman–Crippen LogP) is 5.36. The number of H-pyrrole nitrogens is 2. The second-order valence-electron chi connectivity index (χ2n) is 13.6. The van der Waals surface area contributed by atoms with Gasteiger partial charge in [-0.3, -0.25) is 9.59 Å². The third kappa shape index (κ3) is 7.74. The van der Waals surface area contributed by atoms with Gasteiger partial charge >= 0.3 is 24.1 Å². The summed E-state index contributed by atoms with van der Waals surface area (Å²) in [7, 11) is 8.79. The van der Waals surface area contributed by atoms with E-state index in [4.69, 9.17) is 28.4 Å². The Morgan fingerprint density at radius 2 is 1.54 bits per heavy atom. The van der Waals surface area contributed by atoms with Gasteiger partial charge in [0.15, 0.2) is 17.2 Å². The van der Waals surface area contributed by atoms with E-state index in [1.54, 1.807) is 35.2 Å². The highest BCUT2D eigenvalue weighted by atomic mass is 16.6. The van der Waals surface area contributed by atoms with Crippen LogP contribution in [0, 0.1) is 5.92 Å². The standard InChI is InChI=1S/C39H45N5O12/c1-42(38(49)55-23-10-8-7-9-21(11-12-23)36(46)47)15-16-43(2)39(50)56-29-20-28-24(25-19-27(37(48)54-6)41-32(25)29)13-14-44(28)35(45)26-17-22-18-30(51-3)33(52-4)34(53-5)31(22)40-26/h8,10,17-21,23,40-41H,7,9,11-16H2,1-6H3,(H,46,47)/b10-8+/t21-,23?/m0/s1. The van der Waals surface area contributed by atoms with Crippen molar-refractivity contribution in [1.82, 2.24) is 19.8 Å². The summed E-state index contributed by atoms with van der Waals surface area (Å²) in [5.41, 5.74) is 2.57. The van der Waals surface area contributed by atoms with Crippen LogP contribution in [0.2, 0.25) is 0 Å². The van der Waals surface area contributed by atoms with Gasteiger partial charge in [-0.2, -0.15) is 0 Å². The van der Waals surface area contributed by atoms with Crippen molar-refractivity contribution >= 4 is 57.5 Å². The highest BCUT2D eigenvalue weighted by molar-refractivity contribution is 6.12. The first kappa shape index (κ1) is 39.3. The Kier molecular flexibility index (Phi) is 11.6. The van der Waals surface area contributed by atoms with Crippen LogP contribution in [-0.2, 0) is 20.7 Å². The van der Waals surface area contributed by atoms with E-state index in [2.05, 4.69) is 9.97 Å².